The third-order valence-electron chi connectivity index (χ3n) is 5.86. The lowest BCUT2D eigenvalue weighted by Gasteiger charge is -2.46. The number of aliphatic hydroxyl groups is 1. The van der Waals surface area contributed by atoms with Gasteiger partial charge in [-0.25, -0.2) is 0 Å². The summed E-state index contributed by atoms with van der Waals surface area (Å²) in [4.78, 5) is 7.61. The van der Waals surface area contributed by atoms with Crippen LogP contribution in [0.4, 0.5) is 0 Å². The highest BCUT2D eigenvalue weighted by Crippen LogP contribution is 2.29. The number of rotatable bonds is 3. The van der Waals surface area contributed by atoms with Crippen LogP contribution in [0.3, 0.4) is 0 Å². The number of nitrogens with zero attached hydrogens (tertiary/aromatic N) is 3. The summed E-state index contributed by atoms with van der Waals surface area (Å²) in [7, 11) is 0. The summed E-state index contributed by atoms with van der Waals surface area (Å²) in [5.41, 5.74) is 0.0671. The molecular weight excluding hydrogens is 286 g/mol. The quantitative estimate of drug-likeness (QED) is 0.863. The predicted octanol–water partition coefficient (Wildman–Crippen LogP) is 2.42. The van der Waals surface area contributed by atoms with Crippen molar-refractivity contribution in [3.8, 4) is 0 Å². The summed E-state index contributed by atoms with van der Waals surface area (Å²) >= 11 is 0. The first-order valence-corrected chi connectivity index (χ1v) is 9.45. The lowest BCUT2D eigenvalue weighted by Crippen LogP contribution is -2.55. The molecule has 2 aliphatic heterocycles. The summed E-state index contributed by atoms with van der Waals surface area (Å²) in [5, 5.41) is 10.9. The molecule has 2 rings (SSSR count). The molecule has 2 heterocycles. The van der Waals surface area contributed by atoms with Crippen molar-refractivity contribution < 1.29 is 5.11 Å². The maximum Gasteiger partial charge on any atom is 0.0684 e. The van der Waals surface area contributed by atoms with E-state index in [-0.39, 0.29) is 11.1 Å². The van der Waals surface area contributed by atoms with E-state index in [1.165, 1.54) is 0 Å². The number of piperidine rings is 1. The van der Waals surface area contributed by atoms with Gasteiger partial charge in [-0.3, -0.25) is 9.80 Å². The van der Waals surface area contributed by atoms with Gasteiger partial charge in [-0.05, 0) is 60.8 Å². The Kier molecular flexibility index (Phi) is 5.82. The van der Waals surface area contributed by atoms with E-state index in [1.54, 1.807) is 0 Å². The Balaban J connectivity index is 1.73. The monoisotopic (exact) mass is 325 g/mol. The molecule has 0 amide bonds. The Hall–Kier alpha value is -0.160. The molecule has 23 heavy (non-hydrogen) atoms. The van der Waals surface area contributed by atoms with Gasteiger partial charge >= 0.3 is 0 Å². The average molecular weight is 326 g/mol. The van der Waals surface area contributed by atoms with Crippen molar-refractivity contribution >= 4 is 0 Å². The van der Waals surface area contributed by atoms with E-state index in [0.717, 1.165) is 65.1 Å². The molecule has 4 heteroatoms. The molecule has 136 valence electrons. The van der Waals surface area contributed by atoms with Crippen molar-refractivity contribution in [2.45, 2.75) is 77.5 Å². The number of piperazine rings is 1. The van der Waals surface area contributed by atoms with Crippen LogP contribution < -0.4 is 0 Å². The van der Waals surface area contributed by atoms with E-state index in [0.29, 0.717) is 0 Å². The molecule has 2 fully saturated rings. The van der Waals surface area contributed by atoms with Gasteiger partial charge in [-0.1, -0.05) is 0 Å². The third kappa shape index (κ3) is 5.42. The highest BCUT2D eigenvalue weighted by atomic mass is 16.3. The van der Waals surface area contributed by atoms with E-state index in [2.05, 4.69) is 56.2 Å². The summed E-state index contributed by atoms with van der Waals surface area (Å²) < 4.78 is 0. The van der Waals surface area contributed by atoms with Crippen LogP contribution in [0.25, 0.3) is 0 Å². The lowest BCUT2D eigenvalue weighted by atomic mass is 9.86. The molecule has 4 nitrogen and oxygen atoms in total. The summed E-state index contributed by atoms with van der Waals surface area (Å²) in [5.74, 6) is 0. The molecule has 0 saturated carbocycles. The van der Waals surface area contributed by atoms with Crippen LogP contribution in [0.1, 0.15) is 60.8 Å². The van der Waals surface area contributed by atoms with Crippen molar-refractivity contribution in [3.05, 3.63) is 0 Å². The summed E-state index contributed by atoms with van der Waals surface area (Å²) in [6, 6.07) is 0. The van der Waals surface area contributed by atoms with Crippen LogP contribution in [-0.4, -0.2) is 82.3 Å². The maximum atomic E-state index is 10.9. The zero-order chi connectivity index (χ0) is 17.3. The van der Waals surface area contributed by atoms with Gasteiger partial charge in [0, 0.05) is 56.9 Å². The molecule has 0 unspecified atom stereocenters. The minimum absolute atomic E-state index is 0.227. The molecule has 0 atom stereocenters. The molecule has 0 spiro atoms. The van der Waals surface area contributed by atoms with Crippen molar-refractivity contribution in [2.75, 3.05) is 45.8 Å². The molecule has 0 aromatic carbocycles. The summed E-state index contributed by atoms with van der Waals surface area (Å²) in [6.07, 6.45) is 2.78. The molecular formula is C19H39N3O. The Bertz CT molecular complexity index is 367. The zero-order valence-electron chi connectivity index (χ0n) is 16.4. The molecule has 2 saturated heterocycles. The smallest absolute Gasteiger partial charge is 0.0684 e. The van der Waals surface area contributed by atoms with E-state index < -0.39 is 5.60 Å². The van der Waals surface area contributed by atoms with Gasteiger partial charge < -0.3 is 10.0 Å². The average Bonchev–Trinajstić information content (AvgIpc) is 2.44. The fraction of sp³-hybridized carbons (Fsp3) is 1.00. The first-order valence-electron chi connectivity index (χ1n) is 9.45. The topological polar surface area (TPSA) is 30.0 Å². The standard InChI is InChI=1S/C19H39N3O/c1-17(2,3)21-11-8-19(23,9-12-21)7-10-20-13-15-22(16-14-20)18(4,5)6/h23H,7-16H2,1-6H3. The van der Waals surface area contributed by atoms with Crippen LogP contribution in [-0.2, 0) is 0 Å². The summed E-state index contributed by atoms with van der Waals surface area (Å²) in [6.45, 7) is 21.4. The second-order valence-electron chi connectivity index (χ2n) is 9.63. The predicted molar refractivity (Wildman–Crippen MR) is 97.9 cm³/mol. The Labute approximate surface area is 143 Å². The fourth-order valence-electron chi connectivity index (χ4n) is 3.85. The van der Waals surface area contributed by atoms with Crippen LogP contribution in [0.5, 0.6) is 0 Å². The normalized spacial score (nSPS) is 25.7. The van der Waals surface area contributed by atoms with Gasteiger partial charge in [-0.2, -0.15) is 0 Å². The third-order valence-corrected chi connectivity index (χ3v) is 5.86. The molecule has 1 N–H and O–H groups in total. The molecule has 0 aliphatic carbocycles. The van der Waals surface area contributed by atoms with Crippen molar-refractivity contribution in [3.63, 3.8) is 0 Å². The Morgan fingerprint density at radius 2 is 1.17 bits per heavy atom. The van der Waals surface area contributed by atoms with Crippen LogP contribution in [0.2, 0.25) is 0 Å². The highest BCUT2D eigenvalue weighted by Gasteiger charge is 2.36. The van der Waals surface area contributed by atoms with Gasteiger partial charge in [-0.15, -0.1) is 0 Å². The van der Waals surface area contributed by atoms with Crippen LogP contribution >= 0.6 is 0 Å². The van der Waals surface area contributed by atoms with E-state index in [9.17, 15) is 5.11 Å². The van der Waals surface area contributed by atoms with Crippen LogP contribution in [0.15, 0.2) is 0 Å². The molecule has 0 aromatic rings. The van der Waals surface area contributed by atoms with Crippen molar-refractivity contribution in [1.82, 2.24) is 14.7 Å². The second-order valence-corrected chi connectivity index (χ2v) is 9.63. The maximum absolute atomic E-state index is 10.9. The van der Waals surface area contributed by atoms with Gasteiger partial charge in [0.2, 0.25) is 0 Å². The number of likely N-dealkylation sites (tertiary alicyclic amines) is 1. The zero-order valence-corrected chi connectivity index (χ0v) is 16.4. The van der Waals surface area contributed by atoms with Crippen molar-refractivity contribution in [1.29, 1.82) is 0 Å². The minimum Gasteiger partial charge on any atom is -0.390 e. The van der Waals surface area contributed by atoms with Crippen LogP contribution in [0, 0.1) is 0 Å². The van der Waals surface area contributed by atoms with E-state index in [4.69, 9.17) is 0 Å². The number of hydrogen-bond donors (Lipinski definition) is 1. The minimum atomic E-state index is -0.442. The van der Waals surface area contributed by atoms with Gasteiger partial charge in [0.15, 0.2) is 0 Å². The van der Waals surface area contributed by atoms with E-state index >= 15 is 0 Å². The molecule has 0 radical (unpaired) electrons. The second kappa shape index (κ2) is 6.99. The molecule has 0 bridgehead atoms. The molecule has 0 aromatic heterocycles. The first kappa shape index (κ1) is 19.2. The fourth-order valence-corrected chi connectivity index (χ4v) is 3.85. The number of hydrogen-bond acceptors (Lipinski definition) is 4. The van der Waals surface area contributed by atoms with Gasteiger partial charge in [0.05, 0.1) is 5.60 Å². The van der Waals surface area contributed by atoms with Crippen molar-refractivity contribution in [2.24, 2.45) is 0 Å². The molecule has 2 aliphatic rings. The lowest BCUT2D eigenvalue weighted by molar-refractivity contribution is -0.0541. The van der Waals surface area contributed by atoms with Gasteiger partial charge in [0.25, 0.3) is 0 Å². The largest absolute Gasteiger partial charge is 0.390 e. The Morgan fingerprint density at radius 1 is 0.739 bits per heavy atom. The van der Waals surface area contributed by atoms with E-state index in [1.807, 2.05) is 0 Å². The highest BCUT2D eigenvalue weighted by molar-refractivity contribution is 4.91. The SMILES string of the molecule is CC(C)(C)N1CCN(CCC2(O)CCN(C(C)(C)C)CC2)CC1. The van der Waals surface area contributed by atoms with Gasteiger partial charge in [0.1, 0.15) is 0 Å². The first-order chi connectivity index (χ1) is 10.5. The Morgan fingerprint density at radius 3 is 1.61 bits per heavy atom.